The van der Waals surface area contributed by atoms with Gasteiger partial charge in [-0.15, -0.1) is 5.75 Å². The van der Waals surface area contributed by atoms with Gasteiger partial charge in [0.05, 0.1) is 0 Å². The largest absolute Gasteiger partial charge is 1.00 e. The second-order valence-corrected chi connectivity index (χ2v) is 6.99. The van der Waals surface area contributed by atoms with E-state index in [4.69, 9.17) is 4.74 Å². The van der Waals surface area contributed by atoms with Crippen LogP contribution in [-0.4, -0.2) is 13.0 Å². The van der Waals surface area contributed by atoms with Crippen molar-refractivity contribution in [3.63, 3.8) is 0 Å². The van der Waals surface area contributed by atoms with Crippen molar-refractivity contribution < 1.29 is 74.2 Å². The molecule has 2 aromatic carbocycles. The Morgan fingerprint density at radius 2 is 1.72 bits per heavy atom. The zero-order valence-corrected chi connectivity index (χ0v) is 18.5. The molecule has 0 bridgehead atoms. The summed E-state index contributed by atoms with van der Waals surface area (Å²) in [6, 6.07) is 11.2. The summed E-state index contributed by atoms with van der Waals surface area (Å²) in [7, 11) is -4.49. The number of rotatable bonds is 8. The number of hydrogen-bond donors (Lipinski definition) is 1. The van der Waals surface area contributed by atoms with Gasteiger partial charge in [-0.3, -0.25) is 4.55 Å². The van der Waals surface area contributed by atoms with Gasteiger partial charge in [-0.1, -0.05) is 44.4 Å². The Balaban J connectivity index is 0.00000312. The van der Waals surface area contributed by atoms with Gasteiger partial charge in [-0.05, 0) is 36.6 Å². The number of benzene rings is 2. The van der Waals surface area contributed by atoms with E-state index in [9.17, 15) is 18.1 Å². The van der Waals surface area contributed by atoms with Crippen LogP contribution >= 0.6 is 0 Å². The standard InChI is InChI=1S/C18H22O5S.K/c1-2-3-4-8-11-16-17(19)12-15(13-18(16)24(20,21)22)23-14-9-6-5-7-10-14;/h5-7,9-10,12-13,19H,2-4,8,11H2,1H3,(H,20,21,22);/q;+1/p-1. The van der Waals surface area contributed by atoms with Crippen LogP contribution in [0.15, 0.2) is 47.4 Å². The van der Waals surface area contributed by atoms with E-state index in [1.54, 1.807) is 24.3 Å². The molecule has 0 aliphatic rings. The number of ether oxygens (including phenoxy) is 1. The molecule has 0 fully saturated rings. The Morgan fingerprint density at radius 3 is 2.32 bits per heavy atom. The van der Waals surface area contributed by atoms with Crippen molar-refractivity contribution in [3.05, 3.63) is 48.0 Å². The third-order valence-electron chi connectivity index (χ3n) is 3.68. The van der Waals surface area contributed by atoms with E-state index in [0.29, 0.717) is 18.6 Å². The molecule has 2 aromatic rings. The first-order valence-electron chi connectivity index (χ1n) is 7.96. The first-order valence-corrected chi connectivity index (χ1v) is 9.40. The molecule has 0 unspecified atom stereocenters. The van der Waals surface area contributed by atoms with Crippen molar-refractivity contribution in [2.75, 3.05) is 0 Å². The van der Waals surface area contributed by atoms with Gasteiger partial charge in [0.1, 0.15) is 16.4 Å². The zero-order valence-electron chi connectivity index (χ0n) is 14.6. The molecule has 0 saturated heterocycles. The summed E-state index contributed by atoms with van der Waals surface area (Å²) in [5, 5.41) is 12.3. The molecule has 0 spiro atoms. The van der Waals surface area contributed by atoms with Gasteiger partial charge >= 0.3 is 51.4 Å². The Morgan fingerprint density at radius 1 is 1.04 bits per heavy atom. The summed E-state index contributed by atoms with van der Waals surface area (Å²) in [4.78, 5) is -0.363. The average Bonchev–Trinajstić information content (AvgIpc) is 2.53. The minimum absolute atomic E-state index is 0. The van der Waals surface area contributed by atoms with Crippen molar-refractivity contribution in [1.82, 2.24) is 0 Å². The molecular weight excluding hydrogens is 367 g/mol. The molecule has 2 rings (SSSR count). The second-order valence-electron chi connectivity index (χ2n) is 5.60. The van der Waals surface area contributed by atoms with Crippen LogP contribution in [0.3, 0.4) is 0 Å². The molecule has 0 aliphatic carbocycles. The predicted octanol–water partition coefficient (Wildman–Crippen LogP) is 0.926. The average molecular weight is 389 g/mol. The summed E-state index contributed by atoms with van der Waals surface area (Å²) in [6.45, 7) is 2.07. The molecule has 0 radical (unpaired) electrons. The van der Waals surface area contributed by atoms with Crippen LogP contribution in [0.25, 0.3) is 0 Å². The predicted molar refractivity (Wildman–Crippen MR) is 90.1 cm³/mol. The molecule has 0 aromatic heterocycles. The van der Waals surface area contributed by atoms with E-state index in [1.165, 1.54) is 12.1 Å². The molecule has 0 saturated carbocycles. The van der Waals surface area contributed by atoms with E-state index in [0.717, 1.165) is 19.3 Å². The zero-order chi connectivity index (χ0) is 17.6. The van der Waals surface area contributed by atoms with Crippen LogP contribution in [0.1, 0.15) is 38.2 Å². The van der Waals surface area contributed by atoms with Crippen molar-refractivity contribution in [1.29, 1.82) is 0 Å². The summed E-state index contributed by atoms with van der Waals surface area (Å²) in [5.41, 5.74) is 0.119. The molecule has 0 amide bonds. The quantitative estimate of drug-likeness (QED) is 0.413. The third-order valence-corrected chi connectivity index (χ3v) is 4.60. The number of para-hydroxylation sites is 1. The molecule has 0 heterocycles. The first kappa shape index (κ1) is 22.6. The molecule has 130 valence electrons. The van der Waals surface area contributed by atoms with Crippen molar-refractivity contribution in [3.8, 4) is 17.2 Å². The van der Waals surface area contributed by atoms with Crippen LogP contribution in [0, 0.1) is 0 Å². The van der Waals surface area contributed by atoms with Crippen LogP contribution in [0.5, 0.6) is 17.2 Å². The molecule has 25 heavy (non-hydrogen) atoms. The molecular formula is C18H21KO5S. The van der Waals surface area contributed by atoms with Crippen LogP contribution in [0.2, 0.25) is 0 Å². The van der Waals surface area contributed by atoms with E-state index in [1.807, 2.05) is 6.07 Å². The second kappa shape index (κ2) is 10.7. The summed E-state index contributed by atoms with van der Waals surface area (Å²) in [5.74, 6) is 0.137. The Labute approximate surface area is 191 Å². The van der Waals surface area contributed by atoms with Gasteiger partial charge in [-0.2, -0.15) is 8.42 Å². The summed E-state index contributed by atoms with van der Waals surface area (Å²) >= 11 is 0. The molecule has 7 heteroatoms. The van der Waals surface area contributed by atoms with Gasteiger partial charge in [0.2, 0.25) is 0 Å². The topological polar surface area (TPSA) is 86.7 Å². The molecule has 1 N–H and O–H groups in total. The van der Waals surface area contributed by atoms with E-state index >= 15 is 0 Å². The number of unbranched alkanes of at least 4 members (excludes halogenated alkanes) is 3. The van der Waals surface area contributed by atoms with Gasteiger partial charge in [0, 0.05) is 6.07 Å². The van der Waals surface area contributed by atoms with Gasteiger partial charge in [0.25, 0.3) is 10.1 Å². The minimum Gasteiger partial charge on any atom is -0.872 e. The third kappa shape index (κ3) is 7.01. The maximum Gasteiger partial charge on any atom is 1.00 e. The smallest absolute Gasteiger partial charge is 0.872 e. The van der Waals surface area contributed by atoms with E-state index in [-0.39, 0.29) is 67.6 Å². The van der Waals surface area contributed by atoms with Crippen molar-refractivity contribution in [2.45, 2.75) is 43.9 Å². The SMILES string of the molecule is CCCCCCc1c([O-])cc(Oc2ccccc2)cc1S(=O)(=O)O.[K+]. The Kier molecular flexibility index (Phi) is 9.65. The first-order chi connectivity index (χ1) is 11.4. The fourth-order valence-corrected chi connectivity index (χ4v) is 3.26. The van der Waals surface area contributed by atoms with Gasteiger partial charge in [-0.25, -0.2) is 0 Å². The Bertz CT molecular complexity index is 776. The van der Waals surface area contributed by atoms with E-state index < -0.39 is 15.9 Å². The molecule has 0 aliphatic heterocycles. The normalized spacial score (nSPS) is 11.0. The van der Waals surface area contributed by atoms with Crippen LogP contribution < -0.4 is 61.2 Å². The maximum absolute atomic E-state index is 12.3. The van der Waals surface area contributed by atoms with E-state index in [2.05, 4.69) is 6.92 Å². The van der Waals surface area contributed by atoms with Gasteiger partial charge < -0.3 is 9.84 Å². The molecule has 5 nitrogen and oxygen atoms in total. The van der Waals surface area contributed by atoms with Gasteiger partial charge in [0.15, 0.2) is 0 Å². The molecule has 0 atom stereocenters. The summed E-state index contributed by atoms with van der Waals surface area (Å²) in [6.07, 6.45) is 3.98. The Hall–Kier alpha value is -0.414. The maximum atomic E-state index is 12.3. The monoisotopic (exact) mass is 388 g/mol. The van der Waals surface area contributed by atoms with Crippen molar-refractivity contribution >= 4 is 10.1 Å². The van der Waals surface area contributed by atoms with Crippen molar-refractivity contribution in [2.24, 2.45) is 0 Å². The fourth-order valence-electron chi connectivity index (χ4n) is 2.48. The van der Waals surface area contributed by atoms with Crippen LogP contribution in [-0.2, 0) is 16.5 Å². The van der Waals surface area contributed by atoms with Crippen LogP contribution in [0.4, 0.5) is 0 Å². The number of hydrogen-bond acceptors (Lipinski definition) is 4. The minimum atomic E-state index is -4.49. The summed E-state index contributed by atoms with van der Waals surface area (Å²) < 4.78 is 38.3. The fraction of sp³-hybridized carbons (Fsp3) is 0.333.